The fourth-order valence-electron chi connectivity index (χ4n) is 4.41. The molecule has 0 bridgehead atoms. The van der Waals surface area contributed by atoms with E-state index in [4.69, 9.17) is 17.0 Å². The molecule has 1 fully saturated rings. The van der Waals surface area contributed by atoms with E-state index in [1.807, 2.05) is 27.7 Å². The summed E-state index contributed by atoms with van der Waals surface area (Å²) < 4.78 is 7.57. The Balaban J connectivity index is 1.84. The summed E-state index contributed by atoms with van der Waals surface area (Å²) in [6.45, 7) is 7.69. The summed E-state index contributed by atoms with van der Waals surface area (Å²) >= 11 is 5.52. The van der Waals surface area contributed by atoms with Crippen LogP contribution in [0.2, 0.25) is 0 Å². The van der Waals surface area contributed by atoms with Crippen molar-refractivity contribution in [1.82, 2.24) is 19.8 Å². The van der Waals surface area contributed by atoms with Crippen molar-refractivity contribution < 1.29 is 14.3 Å². The van der Waals surface area contributed by atoms with Gasteiger partial charge in [0.1, 0.15) is 5.60 Å². The molecule has 1 aromatic rings. The van der Waals surface area contributed by atoms with Crippen molar-refractivity contribution in [3.63, 3.8) is 0 Å². The molecule has 0 aromatic carbocycles. The lowest BCUT2D eigenvalue weighted by Gasteiger charge is -2.36. The van der Waals surface area contributed by atoms with Crippen LogP contribution in [0, 0.1) is 10.7 Å². The third-order valence-electron chi connectivity index (χ3n) is 5.98. The molecule has 1 saturated carbocycles. The van der Waals surface area contributed by atoms with Gasteiger partial charge in [-0.2, -0.15) is 0 Å². The number of fused-ring (bicyclic) bond motifs is 1. The summed E-state index contributed by atoms with van der Waals surface area (Å²) in [6, 6.07) is -0.159. The third-order valence-corrected chi connectivity index (χ3v) is 6.28. The minimum absolute atomic E-state index is 0.000426. The van der Waals surface area contributed by atoms with Crippen LogP contribution in [0.4, 0.5) is 4.79 Å². The molecule has 2 amide bonds. The number of aromatic amines is 1. The van der Waals surface area contributed by atoms with Gasteiger partial charge in [-0.05, 0) is 72.0 Å². The molecular weight excluding hydrogens is 404 g/mol. The Kier molecular flexibility index (Phi) is 6.40. The van der Waals surface area contributed by atoms with Gasteiger partial charge in [-0.15, -0.1) is 0 Å². The number of amides is 2. The number of hydrogen-bond donors (Lipinski definition) is 2. The summed E-state index contributed by atoms with van der Waals surface area (Å²) in [4.78, 5) is 42.6. The molecule has 3 rings (SSSR count). The highest BCUT2D eigenvalue weighted by atomic mass is 32.1. The van der Waals surface area contributed by atoms with Crippen molar-refractivity contribution >= 4 is 24.2 Å². The Bertz CT molecular complexity index is 938. The molecule has 0 saturated heterocycles. The second kappa shape index (κ2) is 8.53. The van der Waals surface area contributed by atoms with E-state index in [1.54, 1.807) is 16.5 Å². The zero-order valence-corrected chi connectivity index (χ0v) is 19.2. The first-order valence-electron chi connectivity index (χ1n) is 10.6. The lowest BCUT2D eigenvalue weighted by atomic mass is 9.85. The second-order valence-corrected chi connectivity index (χ2v) is 9.73. The van der Waals surface area contributed by atoms with Gasteiger partial charge in [-0.3, -0.25) is 19.1 Å². The molecule has 0 unspecified atom stereocenters. The second-order valence-electron chi connectivity index (χ2n) is 9.34. The number of rotatable bonds is 2. The molecule has 2 heterocycles. The fourth-order valence-corrected chi connectivity index (χ4v) is 4.76. The number of aromatic nitrogens is 2. The highest BCUT2D eigenvalue weighted by molar-refractivity contribution is 7.71. The Morgan fingerprint density at radius 3 is 2.40 bits per heavy atom. The van der Waals surface area contributed by atoms with Crippen molar-refractivity contribution in [2.45, 2.75) is 84.0 Å². The van der Waals surface area contributed by atoms with Crippen LogP contribution in [0.1, 0.15) is 70.7 Å². The van der Waals surface area contributed by atoms with Crippen LogP contribution in [0.15, 0.2) is 4.79 Å². The zero-order chi connectivity index (χ0) is 22.2. The predicted molar refractivity (Wildman–Crippen MR) is 116 cm³/mol. The summed E-state index contributed by atoms with van der Waals surface area (Å²) in [7, 11) is 1.65. The van der Waals surface area contributed by atoms with Crippen LogP contribution < -0.4 is 10.9 Å². The molecule has 0 radical (unpaired) electrons. The number of hydrogen-bond acceptors (Lipinski definition) is 5. The van der Waals surface area contributed by atoms with Gasteiger partial charge in [0.25, 0.3) is 5.56 Å². The van der Waals surface area contributed by atoms with E-state index >= 15 is 0 Å². The van der Waals surface area contributed by atoms with Gasteiger partial charge in [-0.25, -0.2) is 4.79 Å². The maximum atomic E-state index is 13.3. The van der Waals surface area contributed by atoms with Gasteiger partial charge in [0.05, 0.1) is 6.54 Å². The number of ether oxygens (including phenoxy) is 1. The number of H-pyrrole nitrogens is 1. The summed E-state index contributed by atoms with van der Waals surface area (Å²) in [5, 5.41) is 2.71. The normalized spacial score (nSPS) is 24.2. The highest BCUT2D eigenvalue weighted by Crippen LogP contribution is 2.32. The molecule has 8 nitrogen and oxygen atoms in total. The molecule has 2 N–H and O–H groups in total. The van der Waals surface area contributed by atoms with Gasteiger partial charge in [0.2, 0.25) is 5.91 Å². The molecule has 30 heavy (non-hydrogen) atoms. The first-order chi connectivity index (χ1) is 14.0. The van der Waals surface area contributed by atoms with Gasteiger partial charge in [-0.1, -0.05) is 0 Å². The Hall–Kier alpha value is -2.16. The molecule has 1 aliphatic heterocycles. The Morgan fingerprint density at radius 2 is 1.83 bits per heavy atom. The standard InChI is InChI=1S/C21H32N4O4S/c1-12-10-15-16(11-24(12)20(28)29-21(2,3)4)23-19(30)25(18(15)27)14-8-6-13(7-9-14)17(26)22-5/h12-14H,6-11H2,1-5H3,(H,22,26)(H,23,30)/t12-,13-,14-/m1/s1. The fraction of sp³-hybridized carbons (Fsp3) is 0.714. The lowest BCUT2D eigenvalue weighted by Crippen LogP contribution is -2.48. The highest BCUT2D eigenvalue weighted by Gasteiger charge is 2.34. The number of nitrogens with zero attached hydrogens (tertiary/aromatic N) is 2. The molecule has 166 valence electrons. The van der Waals surface area contributed by atoms with E-state index in [0.29, 0.717) is 22.4 Å². The van der Waals surface area contributed by atoms with E-state index < -0.39 is 11.7 Å². The average molecular weight is 437 g/mol. The SMILES string of the molecule is CNC(=O)[C@H]1CC[C@H](n2c(=S)[nH]c3c(c2=O)C[C@@H](C)N(C(=O)OC(C)(C)C)C3)CC1. The maximum absolute atomic E-state index is 13.3. The monoisotopic (exact) mass is 436 g/mol. The lowest BCUT2D eigenvalue weighted by molar-refractivity contribution is -0.125. The summed E-state index contributed by atoms with van der Waals surface area (Å²) in [5.41, 5.74) is 0.711. The minimum atomic E-state index is -0.582. The zero-order valence-electron chi connectivity index (χ0n) is 18.4. The smallest absolute Gasteiger partial charge is 0.410 e. The number of nitrogens with one attached hydrogen (secondary N) is 2. The summed E-state index contributed by atoms with van der Waals surface area (Å²) in [5.74, 6) is 0.0620. The van der Waals surface area contributed by atoms with E-state index in [9.17, 15) is 14.4 Å². The van der Waals surface area contributed by atoms with E-state index in [0.717, 1.165) is 25.7 Å². The van der Waals surface area contributed by atoms with Crippen LogP contribution in [-0.4, -0.2) is 45.1 Å². The quantitative estimate of drug-likeness (QED) is 0.695. The molecule has 1 atom stereocenters. The maximum Gasteiger partial charge on any atom is 0.410 e. The molecule has 2 aliphatic rings. The molecular formula is C21H32N4O4S. The van der Waals surface area contributed by atoms with E-state index in [-0.39, 0.29) is 36.0 Å². The van der Waals surface area contributed by atoms with Crippen LogP contribution in [0.25, 0.3) is 0 Å². The van der Waals surface area contributed by atoms with Crippen molar-refractivity contribution in [3.8, 4) is 0 Å². The van der Waals surface area contributed by atoms with Crippen molar-refractivity contribution in [1.29, 1.82) is 0 Å². The molecule has 1 aromatic heterocycles. The number of carbonyl (C=O) groups excluding carboxylic acids is 2. The number of carbonyl (C=O) groups is 2. The van der Waals surface area contributed by atoms with Gasteiger partial charge >= 0.3 is 6.09 Å². The largest absolute Gasteiger partial charge is 0.444 e. The van der Waals surface area contributed by atoms with Crippen LogP contribution >= 0.6 is 12.2 Å². The van der Waals surface area contributed by atoms with Crippen molar-refractivity contribution in [3.05, 3.63) is 26.4 Å². The molecule has 1 aliphatic carbocycles. The Labute approximate surface area is 182 Å². The van der Waals surface area contributed by atoms with Crippen LogP contribution in [0.5, 0.6) is 0 Å². The molecule has 0 spiro atoms. The van der Waals surface area contributed by atoms with Crippen LogP contribution in [0.3, 0.4) is 0 Å². The van der Waals surface area contributed by atoms with Crippen LogP contribution in [-0.2, 0) is 22.5 Å². The average Bonchev–Trinajstić information content (AvgIpc) is 2.67. The van der Waals surface area contributed by atoms with E-state index in [2.05, 4.69) is 10.3 Å². The predicted octanol–water partition coefficient (Wildman–Crippen LogP) is 3.06. The van der Waals surface area contributed by atoms with Gasteiger partial charge in [0, 0.05) is 36.3 Å². The topological polar surface area (TPSA) is 96.4 Å². The Morgan fingerprint density at radius 1 is 1.20 bits per heavy atom. The summed E-state index contributed by atoms with van der Waals surface area (Å²) in [6.07, 6.45) is 3.03. The van der Waals surface area contributed by atoms with Crippen molar-refractivity contribution in [2.75, 3.05) is 7.05 Å². The third kappa shape index (κ3) is 4.61. The molecule has 9 heteroatoms. The van der Waals surface area contributed by atoms with E-state index in [1.165, 1.54) is 0 Å². The minimum Gasteiger partial charge on any atom is -0.444 e. The van der Waals surface area contributed by atoms with Crippen molar-refractivity contribution in [2.24, 2.45) is 5.92 Å². The first-order valence-corrected chi connectivity index (χ1v) is 11.0. The van der Waals surface area contributed by atoms with Gasteiger partial charge in [0.15, 0.2) is 4.77 Å². The first kappa shape index (κ1) is 22.5. The van der Waals surface area contributed by atoms with Gasteiger partial charge < -0.3 is 15.0 Å².